The van der Waals surface area contributed by atoms with E-state index < -0.39 is 6.10 Å². The van der Waals surface area contributed by atoms with E-state index in [1.807, 2.05) is 0 Å². The monoisotopic (exact) mass is 261 g/mol. The van der Waals surface area contributed by atoms with Gasteiger partial charge in [-0.15, -0.1) is 0 Å². The molecule has 0 radical (unpaired) electrons. The van der Waals surface area contributed by atoms with Gasteiger partial charge in [0, 0.05) is 12.0 Å². The highest BCUT2D eigenvalue weighted by Crippen LogP contribution is 2.44. The molecule has 0 aliphatic heterocycles. The Morgan fingerprint density at radius 1 is 1.11 bits per heavy atom. The lowest BCUT2D eigenvalue weighted by Gasteiger charge is -2.37. The number of hydrogen-bond donors (Lipinski definition) is 2. The second-order valence-corrected chi connectivity index (χ2v) is 6.23. The molecule has 1 atom stereocenters. The van der Waals surface area contributed by atoms with Crippen LogP contribution < -0.4 is 5.73 Å². The van der Waals surface area contributed by atoms with E-state index in [0.717, 1.165) is 18.4 Å². The Morgan fingerprint density at radius 3 is 2.26 bits per heavy atom. The van der Waals surface area contributed by atoms with Crippen molar-refractivity contribution in [2.24, 2.45) is 11.1 Å². The fraction of sp³-hybridized carbons (Fsp3) is 0.647. The number of rotatable bonds is 3. The molecule has 3 N–H and O–H groups in total. The molecule has 0 heterocycles. The molecule has 2 nitrogen and oxygen atoms in total. The highest BCUT2D eigenvalue weighted by Gasteiger charge is 2.37. The smallest absolute Gasteiger partial charge is 0.0858 e. The standard InChI is InChI=1S/C17H27NO/c1-13-7-8-15(11-14(13)2)16(19)17(12-18)9-5-3-4-6-10-17/h7-8,11,16,19H,3-6,9-10,12,18H2,1-2H3. The largest absolute Gasteiger partial charge is 0.388 e. The van der Waals surface area contributed by atoms with Crippen LogP contribution in [0.3, 0.4) is 0 Å². The summed E-state index contributed by atoms with van der Waals surface area (Å²) in [6.45, 7) is 4.80. The topological polar surface area (TPSA) is 46.2 Å². The normalized spacial score (nSPS) is 20.8. The van der Waals surface area contributed by atoms with Crippen LogP contribution in [-0.4, -0.2) is 11.7 Å². The first kappa shape index (κ1) is 14.5. The maximum atomic E-state index is 10.9. The van der Waals surface area contributed by atoms with Crippen molar-refractivity contribution in [2.75, 3.05) is 6.54 Å². The first-order chi connectivity index (χ1) is 9.09. The lowest BCUT2D eigenvalue weighted by atomic mass is 9.73. The van der Waals surface area contributed by atoms with Crippen LogP contribution in [0.2, 0.25) is 0 Å². The molecule has 1 fully saturated rings. The minimum Gasteiger partial charge on any atom is -0.388 e. The second-order valence-electron chi connectivity index (χ2n) is 6.23. The molecule has 0 aromatic heterocycles. The van der Waals surface area contributed by atoms with Gasteiger partial charge in [0.25, 0.3) is 0 Å². The molecule has 0 amide bonds. The van der Waals surface area contributed by atoms with E-state index >= 15 is 0 Å². The van der Waals surface area contributed by atoms with Crippen LogP contribution in [0.1, 0.15) is 61.3 Å². The molecule has 1 aliphatic rings. The van der Waals surface area contributed by atoms with Crippen molar-refractivity contribution in [3.8, 4) is 0 Å². The predicted molar refractivity (Wildman–Crippen MR) is 80.1 cm³/mol. The zero-order chi connectivity index (χ0) is 13.9. The average Bonchev–Trinajstić information content (AvgIpc) is 2.67. The van der Waals surface area contributed by atoms with Gasteiger partial charge in [0.2, 0.25) is 0 Å². The van der Waals surface area contributed by atoms with Crippen molar-refractivity contribution in [3.05, 3.63) is 34.9 Å². The molecule has 106 valence electrons. The molecule has 1 unspecified atom stereocenters. The SMILES string of the molecule is Cc1ccc(C(O)C2(CN)CCCCCC2)cc1C. The highest BCUT2D eigenvalue weighted by molar-refractivity contribution is 5.32. The Hall–Kier alpha value is -0.860. The zero-order valence-electron chi connectivity index (χ0n) is 12.3. The van der Waals surface area contributed by atoms with Gasteiger partial charge >= 0.3 is 0 Å². The van der Waals surface area contributed by atoms with E-state index in [9.17, 15) is 5.11 Å². The van der Waals surface area contributed by atoms with E-state index in [1.54, 1.807) is 0 Å². The maximum absolute atomic E-state index is 10.9. The van der Waals surface area contributed by atoms with Gasteiger partial charge in [0.15, 0.2) is 0 Å². The Balaban J connectivity index is 2.28. The Labute approximate surface area is 117 Å². The maximum Gasteiger partial charge on any atom is 0.0858 e. The fourth-order valence-electron chi connectivity index (χ4n) is 3.31. The first-order valence-corrected chi connectivity index (χ1v) is 7.54. The molecule has 0 bridgehead atoms. The summed E-state index contributed by atoms with van der Waals surface area (Å²) in [4.78, 5) is 0. The molecule has 1 aliphatic carbocycles. The van der Waals surface area contributed by atoms with Crippen molar-refractivity contribution in [1.82, 2.24) is 0 Å². The quantitative estimate of drug-likeness (QED) is 0.816. The van der Waals surface area contributed by atoms with Gasteiger partial charge in [-0.3, -0.25) is 0 Å². The van der Waals surface area contributed by atoms with E-state index in [1.165, 1.54) is 36.8 Å². The van der Waals surface area contributed by atoms with Crippen molar-refractivity contribution in [3.63, 3.8) is 0 Å². The number of benzene rings is 1. The lowest BCUT2D eigenvalue weighted by molar-refractivity contribution is 0.0166. The molecule has 1 aromatic rings. The molecule has 1 saturated carbocycles. The summed E-state index contributed by atoms with van der Waals surface area (Å²) >= 11 is 0. The fourth-order valence-corrected chi connectivity index (χ4v) is 3.31. The second kappa shape index (κ2) is 6.06. The summed E-state index contributed by atoms with van der Waals surface area (Å²) in [7, 11) is 0. The number of aliphatic hydroxyl groups is 1. The van der Waals surface area contributed by atoms with Crippen LogP contribution in [0.25, 0.3) is 0 Å². The van der Waals surface area contributed by atoms with Crippen LogP contribution in [0.15, 0.2) is 18.2 Å². The van der Waals surface area contributed by atoms with E-state index in [2.05, 4.69) is 32.0 Å². The van der Waals surface area contributed by atoms with E-state index in [0.29, 0.717) is 6.54 Å². The van der Waals surface area contributed by atoms with Crippen LogP contribution in [0, 0.1) is 19.3 Å². The van der Waals surface area contributed by atoms with Gasteiger partial charge in [0.05, 0.1) is 6.10 Å². The zero-order valence-corrected chi connectivity index (χ0v) is 12.3. The lowest BCUT2D eigenvalue weighted by Crippen LogP contribution is -2.36. The molecular weight excluding hydrogens is 234 g/mol. The highest BCUT2D eigenvalue weighted by atomic mass is 16.3. The number of aryl methyl sites for hydroxylation is 2. The van der Waals surface area contributed by atoms with Crippen molar-refractivity contribution in [2.45, 2.75) is 58.5 Å². The predicted octanol–water partition coefficient (Wildman–Crippen LogP) is 3.64. The third-order valence-corrected chi connectivity index (χ3v) is 4.93. The molecule has 2 rings (SSSR count). The van der Waals surface area contributed by atoms with Crippen LogP contribution in [0.5, 0.6) is 0 Å². The van der Waals surface area contributed by atoms with E-state index in [-0.39, 0.29) is 5.41 Å². The van der Waals surface area contributed by atoms with Gasteiger partial charge in [0.1, 0.15) is 0 Å². The average molecular weight is 261 g/mol. The molecule has 19 heavy (non-hydrogen) atoms. The minimum absolute atomic E-state index is 0.113. The van der Waals surface area contributed by atoms with Gasteiger partial charge < -0.3 is 10.8 Å². The van der Waals surface area contributed by atoms with Gasteiger partial charge in [-0.2, -0.15) is 0 Å². The van der Waals surface area contributed by atoms with E-state index in [4.69, 9.17) is 5.73 Å². The molecule has 1 aromatic carbocycles. The Morgan fingerprint density at radius 2 is 1.74 bits per heavy atom. The van der Waals surface area contributed by atoms with Crippen molar-refractivity contribution in [1.29, 1.82) is 0 Å². The Kier molecular flexibility index (Phi) is 4.64. The number of hydrogen-bond acceptors (Lipinski definition) is 2. The van der Waals surface area contributed by atoms with Crippen molar-refractivity contribution >= 4 is 0 Å². The minimum atomic E-state index is -0.421. The van der Waals surface area contributed by atoms with Gasteiger partial charge in [-0.1, -0.05) is 43.9 Å². The molecular formula is C17H27NO. The number of aliphatic hydroxyl groups excluding tert-OH is 1. The molecule has 0 saturated heterocycles. The summed E-state index contributed by atoms with van der Waals surface area (Å²) < 4.78 is 0. The third-order valence-electron chi connectivity index (χ3n) is 4.93. The molecule has 0 spiro atoms. The first-order valence-electron chi connectivity index (χ1n) is 7.54. The Bertz CT molecular complexity index is 419. The summed E-state index contributed by atoms with van der Waals surface area (Å²) in [6, 6.07) is 6.30. The molecule has 2 heteroatoms. The van der Waals surface area contributed by atoms with Crippen molar-refractivity contribution < 1.29 is 5.11 Å². The summed E-state index contributed by atoms with van der Waals surface area (Å²) in [5.74, 6) is 0. The summed E-state index contributed by atoms with van der Waals surface area (Å²) in [6.07, 6.45) is 6.63. The summed E-state index contributed by atoms with van der Waals surface area (Å²) in [5, 5.41) is 10.9. The summed E-state index contributed by atoms with van der Waals surface area (Å²) in [5.41, 5.74) is 9.50. The van der Waals surface area contributed by atoms with Crippen LogP contribution >= 0.6 is 0 Å². The van der Waals surface area contributed by atoms with Crippen LogP contribution in [-0.2, 0) is 0 Å². The third kappa shape index (κ3) is 3.01. The number of nitrogens with two attached hydrogens (primary N) is 1. The van der Waals surface area contributed by atoms with Gasteiger partial charge in [-0.05, 0) is 43.4 Å². The van der Waals surface area contributed by atoms with Gasteiger partial charge in [-0.25, -0.2) is 0 Å². The van der Waals surface area contributed by atoms with Crippen LogP contribution in [0.4, 0.5) is 0 Å².